The number of nitrogens with two attached hydrogens (primary N) is 1. The molecule has 0 aliphatic heterocycles. The molecule has 0 amide bonds. The van der Waals surface area contributed by atoms with Crippen molar-refractivity contribution in [2.75, 3.05) is 0 Å². The molecule has 74 valence electrons. The van der Waals surface area contributed by atoms with E-state index in [-0.39, 0.29) is 24.2 Å². The average molecular weight is 267 g/mol. The number of hydrogen-bond donors (Lipinski definition) is 2. The van der Waals surface area contributed by atoms with E-state index in [2.05, 4.69) is 15.9 Å². The molecular weight excluding hydrogens is 253 g/mol. The third-order valence-corrected chi connectivity index (χ3v) is 2.33. The molecule has 1 aromatic rings. The normalized spacial score (nSPS) is 11.9. The van der Waals surface area contributed by atoms with Crippen molar-refractivity contribution in [1.82, 2.24) is 0 Å². The van der Waals surface area contributed by atoms with Gasteiger partial charge in [-0.3, -0.25) is 0 Å². The van der Waals surface area contributed by atoms with Crippen LogP contribution in [0.3, 0.4) is 0 Å². The lowest BCUT2D eigenvalue weighted by molar-refractivity contribution is 0.460. The van der Waals surface area contributed by atoms with Crippen LogP contribution in [-0.4, -0.2) is 5.11 Å². The van der Waals surface area contributed by atoms with Gasteiger partial charge in [0.25, 0.3) is 0 Å². The highest BCUT2D eigenvalue weighted by Gasteiger charge is 2.08. The van der Waals surface area contributed by atoms with Crippen LogP contribution in [-0.2, 0) is 0 Å². The Morgan fingerprint density at radius 2 is 2.15 bits per heavy atom. The number of hydrogen-bond acceptors (Lipinski definition) is 2. The number of rotatable bonds is 2. The SMILES string of the molecule is CC[C@@H](N)c1ccc(Br)cc1O.Cl. The Bertz CT molecular complexity index is 280. The summed E-state index contributed by atoms with van der Waals surface area (Å²) in [6.45, 7) is 1.99. The van der Waals surface area contributed by atoms with Gasteiger partial charge in [-0.1, -0.05) is 28.9 Å². The van der Waals surface area contributed by atoms with Crippen molar-refractivity contribution >= 4 is 28.3 Å². The second-order valence-electron chi connectivity index (χ2n) is 2.72. The topological polar surface area (TPSA) is 46.2 Å². The molecule has 0 fully saturated rings. The zero-order valence-corrected chi connectivity index (χ0v) is 9.73. The van der Waals surface area contributed by atoms with Gasteiger partial charge < -0.3 is 10.8 Å². The number of phenols is 1. The Labute approximate surface area is 92.7 Å². The molecule has 0 saturated carbocycles. The molecule has 1 aromatic carbocycles. The molecule has 1 atom stereocenters. The Hall–Kier alpha value is -0.250. The fourth-order valence-corrected chi connectivity index (χ4v) is 1.40. The lowest BCUT2D eigenvalue weighted by atomic mass is 10.0. The second-order valence-corrected chi connectivity index (χ2v) is 3.63. The maximum Gasteiger partial charge on any atom is 0.121 e. The summed E-state index contributed by atoms with van der Waals surface area (Å²) in [4.78, 5) is 0. The monoisotopic (exact) mass is 265 g/mol. The molecule has 2 nitrogen and oxygen atoms in total. The summed E-state index contributed by atoms with van der Waals surface area (Å²) in [6, 6.07) is 5.31. The Morgan fingerprint density at radius 1 is 1.54 bits per heavy atom. The van der Waals surface area contributed by atoms with Gasteiger partial charge in [0.1, 0.15) is 5.75 Å². The quantitative estimate of drug-likeness (QED) is 0.864. The van der Waals surface area contributed by atoms with Crippen LogP contribution in [0.1, 0.15) is 24.9 Å². The van der Waals surface area contributed by atoms with Crippen molar-refractivity contribution in [2.45, 2.75) is 19.4 Å². The van der Waals surface area contributed by atoms with E-state index in [1.54, 1.807) is 6.07 Å². The molecular formula is C9H13BrClNO. The van der Waals surface area contributed by atoms with Gasteiger partial charge in [0, 0.05) is 16.1 Å². The van der Waals surface area contributed by atoms with E-state index in [1.807, 2.05) is 19.1 Å². The molecule has 0 spiro atoms. The van der Waals surface area contributed by atoms with E-state index in [9.17, 15) is 5.11 Å². The van der Waals surface area contributed by atoms with Crippen molar-refractivity contribution in [1.29, 1.82) is 0 Å². The summed E-state index contributed by atoms with van der Waals surface area (Å²) >= 11 is 3.27. The van der Waals surface area contributed by atoms with Crippen LogP contribution in [0.4, 0.5) is 0 Å². The van der Waals surface area contributed by atoms with Crippen LogP contribution >= 0.6 is 28.3 Å². The fraction of sp³-hybridized carbons (Fsp3) is 0.333. The highest BCUT2D eigenvalue weighted by molar-refractivity contribution is 9.10. The Morgan fingerprint density at radius 3 is 2.62 bits per heavy atom. The molecule has 0 aromatic heterocycles. The minimum absolute atomic E-state index is 0. The minimum Gasteiger partial charge on any atom is -0.508 e. The van der Waals surface area contributed by atoms with Crippen molar-refractivity contribution < 1.29 is 5.11 Å². The van der Waals surface area contributed by atoms with E-state index in [1.165, 1.54) is 0 Å². The van der Waals surface area contributed by atoms with Crippen LogP contribution < -0.4 is 5.73 Å². The number of benzene rings is 1. The first-order chi connectivity index (χ1) is 5.65. The summed E-state index contributed by atoms with van der Waals surface area (Å²) in [5.74, 6) is 0.263. The third-order valence-electron chi connectivity index (χ3n) is 1.83. The molecule has 0 heterocycles. The summed E-state index contributed by atoms with van der Waals surface area (Å²) in [5, 5.41) is 9.48. The molecule has 13 heavy (non-hydrogen) atoms. The lowest BCUT2D eigenvalue weighted by Crippen LogP contribution is -2.08. The van der Waals surface area contributed by atoms with Crippen LogP contribution in [0.5, 0.6) is 5.75 Å². The van der Waals surface area contributed by atoms with Gasteiger partial charge in [0.05, 0.1) is 0 Å². The zero-order chi connectivity index (χ0) is 9.14. The maximum atomic E-state index is 9.48. The van der Waals surface area contributed by atoms with E-state index < -0.39 is 0 Å². The first-order valence-electron chi connectivity index (χ1n) is 3.89. The first-order valence-corrected chi connectivity index (χ1v) is 4.68. The largest absolute Gasteiger partial charge is 0.508 e. The lowest BCUT2D eigenvalue weighted by Gasteiger charge is -2.10. The van der Waals surface area contributed by atoms with Crippen molar-refractivity contribution in [2.24, 2.45) is 5.73 Å². The molecule has 0 aliphatic rings. The number of aromatic hydroxyl groups is 1. The van der Waals surface area contributed by atoms with Crippen LogP contribution in [0, 0.1) is 0 Å². The van der Waals surface area contributed by atoms with Crippen molar-refractivity contribution in [3.8, 4) is 5.75 Å². The Balaban J connectivity index is 0.00000144. The molecule has 1 rings (SSSR count). The molecule has 0 saturated heterocycles. The molecule has 0 radical (unpaired) electrons. The van der Waals surface area contributed by atoms with Gasteiger partial charge in [0.15, 0.2) is 0 Å². The van der Waals surface area contributed by atoms with Gasteiger partial charge >= 0.3 is 0 Å². The average Bonchev–Trinajstić information content (AvgIpc) is 2.03. The van der Waals surface area contributed by atoms with E-state index in [0.717, 1.165) is 16.5 Å². The summed E-state index contributed by atoms with van der Waals surface area (Å²) < 4.78 is 0.868. The number of phenolic OH excluding ortho intramolecular Hbond substituents is 1. The predicted octanol–water partition coefficient (Wildman–Crippen LogP) is 2.99. The molecule has 4 heteroatoms. The van der Waals surface area contributed by atoms with Crippen LogP contribution in [0.2, 0.25) is 0 Å². The van der Waals surface area contributed by atoms with Gasteiger partial charge in [-0.05, 0) is 18.6 Å². The van der Waals surface area contributed by atoms with E-state index in [4.69, 9.17) is 5.73 Å². The maximum absolute atomic E-state index is 9.48. The standard InChI is InChI=1S/C9H12BrNO.ClH/c1-2-8(11)7-4-3-6(10)5-9(7)12;/h3-5,8,12H,2,11H2,1H3;1H/t8-;/m1./s1. The van der Waals surface area contributed by atoms with E-state index in [0.29, 0.717) is 0 Å². The summed E-state index contributed by atoms with van der Waals surface area (Å²) in [6.07, 6.45) is 0.829. The van der Waals surface area contributed by atoms with Gasteiger partial charge in [-0.2, -0.15) is 0 Å². The van der Waals surface area contributed by atoms with Crippen LogP contribution in [0.15, 0.2) is 22.7 Å². The molecule has 3 N–H and O–H groups in total. The smallest absolute Gasteiger partial charge is 0.121 e. The Kier molecular flexibility index (Phi) is 5.37. The summed E-state index contributed by atoms with van der Waals surface area (Å²) in [7, 11) is 0. The zero-order valence-electron chi connectivity index (χ0n) is 7.33. The second kappa shape index (κ2) is 5.47. The molecule has 0 bridgehead atoms. The van der Waals surface area contributed by atoms with Gasteiger partial charge in [-0.25, -0.2) is 0 Å². The van der Waals surface area contributed by atoms with Gasteiger partial charge in [0.2, 0.25) is 0 Å². The van der Waals surface area contributed by atoms with Gasteiger partial charge in [-0.15, -0.1) is 12.4 Å². The molecule has 0 unspecified atom stereocenters. The van der Waals surface area contributed by atoms with Crippen LogP contribution in [0.25, 0.3) is 0 Å². The summed E-state index contributed by atoms with van der Waals surface area (Å²) in [5.41, 5.74) is 6.58. The van der Waals surface area contributed by atoms with E-state index >= 15 is 0 Å². The highest BCUT2D eigenvalue weighted by Crippen LogP contribution is 2.27. The number of halogens is 2. The molecule has 0 aliphatic carbocycles. The first kappa shape index (κ1) is 12.8. The van der Waals surface area contributed by atoms with Crippen molar-refractivity contribution in [3.05, 3.63) is 28.2 Å². The fourth-order valence-electron chi connectivity index (χ4n) is 1.05. The minimum atomic E-state index is -0.0712. The third kappa shape index (κ3) is 3.18. The van der Waals surface area contributed by atoms with Crippen molar-refractivity contribution in [3.63, 3.8) is 0 Å². The predicted molar refractivity (Wildman–Crippen MR) is 60.3 cm³/mol. The highest BCUT2D eigenvalue weighted by atomic mass is 79.9.